The average Bonchev–Trinajstić information content (AvgIpc) is 2.38. The Labute approximate surface area is 117 Å². The number of piperidine rings is 1. The fourth-order valence-corrected chi connectivity index (χ4v) is 2.82. The minimum Gasteiger partial charge on any atom is -0.357 e. The lowest BCUT2D eigenvalue weighted by Gasteiger charge is -2.36. The second-order valence-corrected chi connectivity index (χ2v) is 5.64. The van der Waals surface area contributed by atoms with Crippen LogP contribution in [0.25, 0.3) is 0 Å². The van der Waals surface area contributed by atoms with E-state index < -0.39 is 0 Å². The first-order chi connectivity index (χ1) is 8.61. The third kappa shape index (κ3) is 2.92. The van der Waals surface area contributed by atoms with Crippen LogP contribution in [0.5, 0.6) is 0 Å². The quantitative estimate of drug-likeness (QED) is 0.922. The monoisotopic (exact) mass is 313 g/mol. The fourth-order valence-electron chi connectivity index (χ4n) is 2.35. The number of likely N-dealkylation sites (N-methyl/N-ethyl adjacent to an activating group) is 2. The second-order valence-electron chi connectivity index (χ2n) is 4.78. The van der Waals surface area contributed by atoms with Gasteiger partial charge in [0.1, 0.15) is 5.82 Å². The molecule has 1 aromatic heterocycles. The van der Waals surface area contributed by atoms with E-state index in [0.717, 1.165) is 16.8 Å². The molecular weight excluding hydrogens is 294 g/mol. The van der Waals surface area contributed by atoms with Crippen LogP contribution in [0.4, 0.5) is 11.8 Å². The molecule has 0 aliphatic carbocycles. The van der Waals surface area contributed by atoms with E-state index in [2.05, 4.69) is 55.1 Å². The summed E-state index contributed by atoms with van der Waals surface area (Å²) in [4.78, 5) is 13.3. The van der Waals surface area contributed by atoms with Crippen molar-refractivity contribution in [2.24, 2.45) is 0 Å². The minimum atomic E-state index is 0.514. The maximum absolute atomic E-state index is 4.53. The molecule has 2 rings (SSSR count). The average molecular weight is 314 g/mol. The highest BCUT2D eigenvalue weighted by Crippen LogP contribution is 2.27. The molecule has 18 heavy (non-hydrogen) atoms. The van der Waals surface area contributed by atoms with Crippen molar-refractivity contribution in [3.8, 4) is 0 Å². The zero-order valence-corrected chi connectivity index (χ0v) is 12.7. The molecule has 1 aliphatic heterocycles. The Balaban J connectivity index is 2.19. The Morgan fingerprint density at radius 3 is 3.00 bits per heavy atom. The normalized spacial score (nSPS) is 20.8. The van der Waals surface area contributed by atoms with Crippen LogP contribution < -0.4 is 10.2 Å². The van der Waals surface area contributed by atoms with Crippen molar-refractivity contribution in [3.05, 3.63) is 10.7 Å². The standard InChI is InChI=1S/C12H20BrN5/c1-14-12-15-7-10(13)11(16-12)18(3)9-5-4-6-17(2)8-9/h7,9H,4-6,8H2,1-3H3,(H,14,15,16). The van der Waals surface area contributed by atoms with E-state index in [1.807, 2.05) is 7.05 Å². The molecule has 0 spiro atoms. The SMILES string of the molecule is CNc1ncc(Br)c(N(C)C2CCCN(C)C2)n1. The number of halogens is 1. The van der Waals surface area contributed by atoms with Crippen molar-refractivity contribution in [3.63, 3.8) is 0 Å². The Hall–Kier alpha value is -0.880. The topological polar surface area (TPSA) is 44.3 Å². The lowest BCUT2D eigenvalue weighted by Crippen LogP contribution is -2.45. The highest BCUT2D eigenvalue weighted by Gasteiger charge is 2.23. The number of hydrogen-bond acceptors (Lipinski definition) is 5. The molecule has 0 aromatic carbocycles. The van der Waals surface area contributed by atoms with Crippen molar-refractivity contribution in [1.29, 1.82) is 0 Å². The van der Waals surface area contributed by atoms with Crippen molar-refractivity contribution >= 4 is 27.7 Å². The molecule has 0 saturated carbocycles. The zero-order chi connectivity index (χ0) is 13.1. The highest BCUT2D eigenvalue weighted by molar-refractivity contribution is 9.10. The molecule has 0 amide bonds. The molecule has 1 fully saturated rings. The van der Waals surface area contributed by atoms with Crippen LogP contribution in [0.2, 0.25) is 0 Å². The van der Waals surface area contributed by atoms with Gasteiger partial charge in [-0.25, -0.2) is 4.98 Å². The van der Waals surface area contributed by atoms with Crippen LogP contribution in [0.1, 0.15) is 12.8 Å². The van der Waals surface area contributed by atoms with E-state index in [1.54, 1.807) is 6.20 Å². The maximum atomic E-state index is 4.53. The van der Waals surface area contributed by atoms with Gasteiger partial charge in [0.25, 0.3) is 0 Å². The molecule has 2 heterocycles. The first-order valence-electron chi connectivity index (χ1n) is 6.23. The summed E-state index contributed by atoms with van der Waals surface area (Å²) < 4.78 is 0.942. The predicted octanol–water partition coefficient (Wildman–Crippen LogP) is 1.81. The smallest absolute Gasteiger partial charge is 0.224 e. The summed E-state index contributed by atoms with van der Waals surface area (Å²) in [5.74, 6) is 1.61. The Morgan fingerprint density at radius 1 is 1.56 bits per heavy atom. The summed E-state index contributed by atoms with van der Waals surface area (Å²) in [7, 11) is 6.12. The van der Waals surface area contributed by atoms with Gasteiger partial charge in [-0.1, -0.05) is 0 Å². The Morgan fingerprint density at radius 2 is 2.33 bits per heavy atom. The lowest BCUT2D eigenvalue weighted by atomic mass is 10.1. The summed E-state index contributed by atoms with van der Waals surface area (Å²) in [6.07, 6.45) is 4.26. The van der Waals surface area contributed by atoms with Crippen LogP contribution in [-0.4, -0.2) is 55.1 Å². The molecular formula is C12H20BrN5. The van der Waals surface area contributed by atoms with E-state index in [9.17, 15) is 0 Å². The van der Waals surface area contributed by atoms with Crippen molar-refractivity contribution in [2.75, 3.05) is 44.4 Å². The number of nitrogens with zero attached hydrogens (tertiary/aromatic N) is 4. The van der Waals surface area contributed by atoms with Crippen molar-refractivity contribution in [2.45, 2.75) is 18.9 Å². The summed E-state index contributed by atoms with van der Waals surface area (Å²) in [5, 5.41) is 2.98. The van der Waals surface area contributed by atoms with Crippen LogP contribution >= 0.6 is 15.9 Å². The minimum absolute atomic E-state index is 0.514. The molecule has 1 saturated heterocycles. The summed E-state index contributed by atoms with van der Waals surface area (Å²) in [6.45, 7) is 2.28. The number of anilines is 2. The van der Waals surface area contributed by atoms with Gasteiger partial charge in [-0.15, -0.1) is 0 Å². The van der Waals surface area contributed by atoms with Crippen LogP contribution in [0.15, 0.2) is 10.7 Å². The molecule has 5 nitrogen and oxygen atoms in total. The third-order valence-corrected chi connectivity index (χ3v) is 3.99. The Bertz CT molecular complexity index is 411. The van der Waals surface area contributed by atoms with E-state index in [0.29, 0.717) is 12.0 Å². The fraction of sp³-hybridized carbons (Fsp3) is 0.667. The highest BCUT2D eigenvalue weighted by atomic mass is 79.9. The molecule has 100 valence electrons. The number of hydrogen-bond donors (Lipinski definition) is 1. The summed E-state index contributed by atoms with van der Waals surface area (Å²) >= 11 is 3.53. The van der Waals surface area contributed by atoms with Gasteiger partial charge in [0.2, 0.25) is 5.95 Å². The van der Waals surface area contributed by atoms with Crippen molar-refractivity contribution in [1.82, 2.24) is 14.9 Å². The van der Waals surface area contributed by atoms with Crippen LogP contribution in [-0.2, 0) is 0 Å². The molecule has 0 radical (unpaired) electrons. The molecule has 1 atom stereocenters. The first-order valence-corrected chi connectivity index (χ1v) is 7.02. The third-order valence-electron chi connectivity index (χ3n) is 3.43. The van der Waals surface area contributed by atoms with Gasteiger partial charge in [-0.3, -0.25) is 0 Å². The van der Waals surface area contributed by atoms with Crippen LogP contribution in [0.3, 0.4) is 0 Å². The van der Waals surface area contributed by atoms with Gasteiger partial charge < -0.3 is 15.1 Å². The molecule has 1 aromatic rings. The maximum Gasteiger partial charge on any atom is 0.224 e. The van der Waals surface area contributed by atoms with Gasteiger partial charge in [0, 0.05) is 32.9 Å². The number of rotatable bonds is 3. The summed E-state index contributed by atoms with van der Waals surface area (Å²) in [5.41, 5.74) is 0. The number of aromatic nitrogens is 2. The first kappa shape index (κ1) is 13.5. The van der Waals surface area contributed by atoms with Gasteiger partial charge in [0.05, 0.1) is 4.47 Å². The van der Waals surface area contributed by atoms with Gasteiger partial charge in [0.15, 0.2) is 0 Å². The van der Waals surface area contributed by atoms with Gasteiger partial charge >= 0.3 is 0 Å². The van der Waals surface area contributed by atoms with Crippen LogP contribution in [0, 0.1) is 0 Å². The predicted molar refractivity (Wildman–Crippen MR) is 78.2 cm³/mol. The van der Waals surface area contributed by atoms with E-state index in [4.69, 9.17) is 0 Å². The molecule has 1 unspecified atom stereocenters. The van der Waals surface area contributed by atoms with Gasteiger partial charge in [-0.05, 0) is 42.4 Å². The van der Waals surface area contributed by atoms with E-state index in [-0.39, 0.29) is 0 Å². The summed E-state index contributed by atoms with van der Waals surface area (Å²) in [6, 6.07) is 0.514. The second kappa shape index (κ2) is 5.84. The number of nitrogens with one attached hydrogen (secondary N) is 1. The largest absolute Gasteiger partial charge is 0.357 e. The lowest BCUT2D eigenvalue weighted by molar-refractivity contribution is 0.247. The zero-order valence-electron chi connectivity index (χ0n) is 11.1. The Kier molecular flexibility index (Phi) is 4.40. The molecule has 1 N–H and O–H groups in total. The molecule has 6 heteroatoms. The molecule has 0 bridgehead atoms. The van der Waals surface area contributed by atoms with Crippen molar-refractivity contribution < 1.29 is 0 Å². The molecule has 1 aliphatic rings. The van der Waals surface area contributed by atoms with E-state index >= 15 is 0 Å². The van der Waals surface area contributed by atoms with E-state index in [1.165, 1.54) is 19.4 Å². The van der Waals surface area contributed by atoms with Gasteiger partial charge in [-0.2, -0.15) is 4.98 Å². The number of likely N-dealkylation sites (tertiary alicyclic amines) is 1.